The van der Waals surface area contributed by atoms with Crippen LogP contribution in [0.3, 0.4) is 0 Å². The number of imide groups is 1. The SMILES string of the molecule is O=C(CN1C(=O)C2C3CCC(C3)C2C1=O)Nc1ccccc1O. The van der Waals surface area contributed by atoms with Crippen molar-refractivity contribution in [2.45, 2.75) is 19.3 Å². The van der Waals surface area contributed by atoms with Gasteiger partial charge in [0.05, 0.1) is 17.5 Å². The lowest BCUT2D eigenvalue weighted by Gasteiger charge is -2.19. The number of anilines is 1. The van der Waals surface area contributed by atoms with Gasteiger partial charge in [0.1, 0.15) is 12.3 Å². The first-order valence-corrected chi connectivity index (χ1v) is 7.99. The number of likely N-dealkylation sites (tertiary alicyclic amines) is 1. The molecule has 3 aliphatic rings. The van der Waals surface area contributed by atoms with E-state index in [1.54, 1.807) is 18.2 Å². The standard InChI is InChI=1S/C17H18N2O4/c20-12-4-2-1-3-11(12)18-13(21)8-19-16(22)14-9-5-6-10(7-9)15(14)17(19)23/h1-4,9-10,14-15,20H,5-8H2,(H,18,21). The minimum absolute atomic E-state index is 0.0464. The predicted octanol–water partition coefficient (Wildman–Crippen LogP) is 1.36. The first kappa shape index (κ1) is 14.2. The van der Waals surface area contributed by atoms with Crippen LogP contribution in [0.5, 0.6) is 5.75 Å². The number of amides is 3. The van der Waals surface area contributed by atoms with E-state index in [1.165, 1.54) is 6.07 Å². The van der Waals surface area contributed by atoms with Gasteiger partial charge in [0.15, 0.2) is 0 Å². The van der Waals surface area contributed by atoms with Gasteiger partial charge < -0.3 is 10.4 Å². The lowest BCUT2D eigenvalue weighted by atomic mass is 9.81. The summed E-state index contributed by atoms with van der Waals surface area (Å²) in [5.74, 6) is -0.701. The van der Waals surface area contributed by atoms with Crippen molar-refractivity contribution in [1.82, 2.24) is 4.90 Å². The molecular weight excluding hydrogens is 296 g/mol. The molecule has 1 heterocycles. The minimum Gasteiger partial charge on any atom is -0.506 e. The van der Waals surface area contributed by atoms with Crippen molar-refractivity contribution < 1.29 is 19.5 Å². The number of rotatable bonds is 3. The summed E-state index contributed by atoms with van der Waals surface area (Å²) in [7, 11) is 0. The highest BCUT2D eigenvalue weighted by atomic mass is 16.3. The van der Waals surface area contributed by atoms with Crippen LogP contribution in [0.2, 0.25) is 0 Å². The first-order chi connectivity index (χ1) is 11.1. The number of carbonyl (C=O) groups excluding carboxylic acids is 3. The topological polar surface area (TPSA) is 86.7 Å². The number of phenolic OH excluding ortho intramolecular Hbond substituents is 1. The molecule has 3 fully saturated rings. The summed E-state index contributed by atoms with van der Waals surface area (Å²) in [6.45, 7) is -0.279. The molecule has 2 N–H and O–H groups in total. The minimum atomic E-state index is -0.472. The lowest BCUT2D eigenvalue weighted by Crippen LogP contribution is -2.39. The van der Waals surface area contributed by atoms with Crippen LogP contribution in [0.15, 0.2) is 24.3 Å². The lowest BCUT2D eigenvalue weighted by molar-refractivity contribution is -0.143. The van der Waals surface area contributed by atoms with Gasteiger partial charge in [0, 0.05) is 0 Å². The maximum absolute atomic E-state index is 12.5. The van der Waals surface area contributed by atoms with Crippen molar-refractivity contribution in [2.75, 3.05) is 11.9 Å². The van der Waals surface area contributed by atoms with E-state index in [0.29, 0.717) is 11.8 Å². The van der Waals surface area contributed by atoms with Crippen molar-refractivity contribution in [3.63, 3.8) is 0 Å². The Hall–Kier alpha value is -2.37. The Labute approximate surface area is 133 Å². The molecule has 23 heavy (non-hydrogen) atoms. The smallest absolute Gasteiger partial charge is 0.244 e. The van der Waals surface area contributed by atoms with E-state index in [4.69, 9.17) is 0 Å². The number of para-hydroxylation sites is 2. The van der Waals surface area contributed by atoms with E-state index in [-0.39, 0.29) is 41.6 Å². The third-order valence-corrected chi connectivity index (χ3v) is 5.50. The van der Waals surface area contributed by atoms with Gasteiger partial charge in [-0.15, -0.1) is 0 Å². The molecule has 2 saturated carbocycles. The Morgan fingerprint density at radius 2 is 1.74 bits per heavy atom. The molecule has 2 bridgehead atoms. The maximum Gasteiger partial charge on any atom is 0.244 e. The average molecular weight is 314 g/mol. The molecular formula is C17H18N2O4. The number of nitrogens with one attached hydrogen (secondary N) is 1. The molecule has 3 amide bonds. The van der Waals surface area contributed by atoms with E-state index < -0.39 is 5.91 Å². The number of aromatic hydroxyl groups is 1. The number of fused-ring (bicyclic) bond motifs is 5. The molecule has 6 nitrogen and oxygen atoms in total. The van der Waals surface area contributed by atoms with Crippen LogP contribution >= 0.6 is 0 Å². The summed E-state index contributed by atoms with van der Waals surface area (Å²) in [4.78, 5) is 38.3. The van der Waals surface area contributed by atoms with Crippen LogP contribution < -0.4 is 5.32 Å². The summed E-state index contributed by atoms with van der Waals surface area (Å²) in [5.41, 5.74) is 0.275. The van der Waals surface area contributed by atoms with Crippen molar-refractivity contribution in [3.8, 4) is 5.75 Å². The van der Waals surface area contributed by atoms with Crippen molar-refractivity contribution in [1.29, 1.82) is 0 Å². The molecule has 1 aromatic carbocycles. The summed E-state index contributed by atoms with van der Waals surface area (Å²) < 4.78 is 0. The van der Waals surface area contributed by atoms with E-state index in [2.05, 4.69) is 5.32 Å². The Kier molecular flexibility index (Phi) is 3.14. The van der Waals surface area contributed by atoms with Crippen molar-refractivity contribution in [2.24, 2.45) is 23.7 Å². The second kappa shape index (κ2) is 5.08. The van der Waals surface area contributed by atoms with Crippen LogP contribution in [0.25, 0.3) is 0 Å². The molecule has 4 atom stereocenters. The zero-order valence-corrected chi connectivity index (χ0v) is 12.6. The molecule has 2 aliphatic carbocycles. The number of benzene rings is 1. The molecule has 4 rings (SSSR count). The second-order valence-corrected chi connectivity index (χ2v) is 6.71. The van der Waals surface area contributed by atoms with Gasteiger partial charge in [-0.05, 0) is 43.2 Å². The summed E-state index contributed by atoms with van der Waals surface area (Å²) >= 11 is 0. The highest BCUT2D eigenvalue weighted by Crippen LogP contribution is 2.56. The number of hydrogen-bond donors (Lipinski definition) is 2. The largest absolute Gasteiger partial charge is 0.506 e. The molecule has 120 valence electrons. The number of phenols is 1. The van der Waals surface area contributed by atoms with Gasteiger partial charge in [-0.3, -0.25) is 19.3 Å². The number of hydrogen-bond acceptors (Lipinski definition) is 4. The Morgan fingerprint density at radius 1 is 1.13 bits per heavy atom. The van der Waals surface area contributed by atoms with E-state index >= 15 is 0 Å². The highest BCUT2D eigenvalue weighted by Gasteiger charge is 2.60. The molecule has 4 unspecified atom stereocenters. The van der Waals surface area contributed by atoms with Crippen LogP contribution in [-0.4, -0.2) is 34.3 Å². The van der Waals surface area contributed by atoms with Gasteiger partial charge >= 0.3 is 0 Å². The molecule has 0 spiro atoms. The molecule has 0 radical (unpaired) electrons. The van der Waals surface area contributed by atoms with Crippen LogP contribution in [0.1, 0.15) is 19.3 Å². The monoisotopic (exact) mass is 314 g/mol. The third-order valence-electron chi connectivity index (χ3n) is 5.50. The Morgan fingerprint density at radius 3 is 2.35 bits per heavy atom. The van der Waals surface area contributed by atoms with E-state index in [1.807, 2.05) is 0 Å². The van der Waals surface area contributed by atoms with Crippen LogP contribution in [-0.2, 0) is 14.4 Å². The fourth-order valence-electron chi connectivity index (χ4n) is 4.54. The van der Waals surface area contributed by atoms with Gasteiger partial charge in [-0.25, -0.2) is 0 Å². The maximum atomic E-state index is 12.5. The molecule has 6 heteroatoms. The summed E-state index contributed by atoms with van der Waals surface area (Å²) in [6.07, 6.45) is 3.01. The predicted molar refractivity (Wildman–Crippen MR) is 81.3 cm³/mol. The van der Waals surface area contributed by atoms with Gasteiger partial charge in [0.25, 0.3) is 0 Å². The second-order valence-electron chi connectivity index (χ2n) is 6.71. The van der Waals surface area contributed by atoms with E-state index in [0.717, 1.165) is 24.2 Å². The highest BCUT2D eigenvalue weighted by molar-refractivity contribution is 6.09. The molecule has 0 aromatic heterocycles. The normalized spacial score (nSPS) is 31.6. The Bertz CT molecular complexity index is 674. The molecule has 1 aliphatic heterocycles. The number of carbonyl (C=O) groups is 3. The van der Waals surface area contributed by atoms with Crippen LogP contribution in [0, 0.1) is 23.7 Å². The van der Waals surface area contributed by atoms with Crippen LogP contribution in [0.4, 0.5) is 5.69 Å². The first-order valence-electron chi connectivity index (χ1n) is 7.99. The van der Waals surface area contributed by atoms with Gasteiger partial charge in [-0.2, -0.15) is 0 Å². The van der Waals surface area contributed by atoms with Crippen molar-refractivity contribution >= 4 is 23.4 Å². The fourth-order valence-corrected chi connectivity index (χ4v) is 4.54. The quantitative estimate of drug-likeness (QED) is 0.651. The third kappa shape index (κ3) is 2.12. The summed E-state index contributed by atoms with van der Waals surface area (Å²) in [5, 5.41) is 12.2. The van der Waals surface area contributed by atoms with Gasteiger partial charge in [0.2, 0.25) is 17.7 Å². The fraction of sp³-hybridized carbons (Fsp3) is 0.471. The molecule has 1 aromatic rings. The average Bonchev–Trinajstić information content (AvgIpc) is 3.19. The molecule has 1 saturated heterocycles. The van der Waals surface area contributed by atoms with Crippen molar-refractivity contribution in [3.05, 3.63) is 24.3 Å². The zero-order valence-electron chi connectivity index (χ0n) is 12.6. The summed E-state index contributed by atoms with van der Waals surface area (Å²) in [6, 6.07) is 6.36. The zero-order chi connectivity index (χ0) is 16.1. The Balaban J connectivity index is 1.47. The number of nitrogens with zero attached hydrogens (tertiary/aromatic N) is 1. The van der Waals surface area contributed by atoms with Gasteiger partial charge in [-0.1, -0.05) is 12.1 Å². The van der Waals surface area contributed by atoms with E-state index in [9.17, 15) is 19.5 Å².